The Hall–Kier alpha value is -1.32. The van der Waals surface area contributed by atoms with Gasteiger partial charge in [0.05, 0.1) is 12.0 Å². The standard InChI is InChI=1S/C13H21NO3/c1-4-17-11(15)7-5-8-13(2)9-6-10-14(3)12(13)16/h5,7H,4,6,8-10H2,1-3H3/b7-5+. The third-order valence-electron chi connectivity index (χ3n) is 3.19. The number of likely N-dealkylation sites (tertiary alicyclic amines) is 1. The lowest BCUT2D eigenvalue weighted by Crippen LogP contribution is -2.44. The fraction of sp³-hybridized carbons (Fsp3) is 0.692. The lowest BCUT2D eigenvalue weighted by molar-refractivity contribution is -0.143. The minimum Gasteiger partial charge on any atom is -0.463 e. The van der Waals surface area contributed by atoms with E-state index < -0.39 is 0 Å². The summed E-state index contributed by atoms with van der Waals surface area (Å²) in [5.41, 5.74) is -0.365. The van der Waals surface area contributed by atoms with Gasteiger partial charge in [0.1, 0.15) is 0 Å². The molecule has 4 heteroatoms. The number of carbonyl (C=O) groups excluding carboxylic acids is 2. The molecule has 4 nitrogen and oxygen atoms in total. The van der Waals surface area contributed by atoms with Gasteiger partial charge in [-0.2, -0.15) is 0 Å². The van der Waals surface area contributed by atoms with E-state index in [1.54, 1.807) is 17.9 Å². The number of nitrogens with zero attached hydrogens (tertiary/aromatic N) is 1. The van der Waals surface area contributed by atoms with Crippen molar-refractivity contribution in [3.63, 3.8) is 0 Å². The molecule has 0 aromatic carbocycles. The molecule has 0 saturated carbocycles. The first-order valence-electron chi connectivity index (χ1n) is 6.08. The zero-order chi connectivity index (χ0) is 12.9. The lowest BCUT2D eigenvalue weighted by Gasteiger charge is -2.37. The smallest absolute Gasteiger partial charge is 0.330 e. The largest absolute Gasteiger partial charge is 0.463 e. The molecule has 0 N–H and O–H groups in total. The first-order chi connectivity index (χ1) is 7.99. The van der Waals surface area contributed by atoms with Gasteiger partial charge in [-0.15, -0.1) is 0 Å². The Kier molecular flexibility index (Phi) is 4.73. The summed E-state index contributed by atoms with van der Waals surface area (Å²) in [4.78, 5) is 24.9. The van der Waals surface area contributed by atoms with Gasteiger partial charge in [-0.1, -0.05) is 13.0 Å². The SMILES string of the molecule is CCOC(=O)/C=C/CC1(C)CCCN(C)C1=O. The van der Waals surface area contributed by atoms with Gasteiger partial charge in [0.25, 0.3) is 0 Å². The Balaban J connectivity index is 2.54. The van der Waals surface area contributed by atoms with E-state index in [0.717, 1.165) is 19.4 Å². The predicted octanol–water partition coefficient (Wildman–Crippen LogP) is 1.75. The normalized spacial score (nSPS) is 25.4. The summed E-state index contributed by atoms with van der Waals surface area (Å²) in [6.07, 6.45) is 5.65. The number of carbonyl (C=O) groups is 2. The first kappa shape index (κ1) is 13.7. The van der Waals surface area contributed by atoms with Crippen LogP contribution in [0.3, 0.4) is 0 Å². The van der Waals surface area contributed by atoms with E-state index in [2.05, 4.69) is 0 Å². The van der Waals surface area contributed by atoms with Crippen LogP contribution in [0.5, 0.6) is 0 Å². The van der Waals surface area contributed by atoms with Gasteiger partial charge in [-0.25, -0.2) is 4.79 Å². The molecule has 1 aliphatic heterocycles. The van der Waals surface area contributed by atoms with Crippen LogP contribution in [0.4, 0.5) is 0 Å². The van der Waals surface area contributed by atoms with Gasteiger partial charge in [0.2, 0.25) is 5.91 Å². The molecule has 0 aromatic rings. The highest BCUT2D eigenvalue weighted by atomic mass is 16.5. The predicted molar refractivity (Wildman–Crippen MR) is 65.4 cm³/mol. The number of hydrogen-bond acceptors (Lipinski definition) is 3. The molecule has 0 spiro atoms. The van der Waals surface area contributed by atoms with Gasteiger partial charge in [-0.05, 0) is 26.2 Å². The molecule has 1 atom stereocenters. The van der Waals surface area contributed by atoms with Crippen molar-refractivity contribution in [2.24, 2.45) is 5.41 Å². The third-order valence-corrected chi connectivity index (χ3v) is 3.19. The monoisotopic (exact) mass is 239 g/mol. The highest BCUT2D eigenvalue weighted by molar-refractivity contribution is 5.84. The summed E-state index contributed by atoms with van der Waals surface area (Å²) in [6.45, 7) is 4.94. The molecule has 1 saturated heterocycles. The fourth-order valence-corrected chi connectivity index (χ4v) is 2.17. The number of rotatable bonds is 4. The highest BCUT2D eigenvalue weighted by Crippen LogP contribution is 2.33. The summed E-state index contributed by atoms with van der Waals surface area (Å²) >= 11 is 0. The topological polar surface area (TPSA) is 46.6 Å². The van der Waals surface area contributed by atoms with Crippen molar-refractivity contribution in [1.82, 2.24) is 4.90 Å². The molecule has 0 bridgehead atoms. The number of hydrogen-bond donors (Lipinski definition) is 0. The van der Waals surface area contributed by atoms with Gasteiger partial charge in [0, 0.05) is 19.7 Å². The van der Waals surface area contributed by atoms with Crippen LogP contribution in [0.15, 0.2) is 12.2 Å². The van der Waals surface area contributed by atoms with Crippen molar-refractivity contribution in [3.8, 4) is 0 Å². The Morgan fingerprint density at radius 1 is 1.59 bits per heavy atom. The molecule has 17 heavy (non-hydrogen) atoms. The van der Waals surface area contributed by atoms with E-state index in [1.807, 2.05) is 14.0 Å². The van der Waals surface area contributed by atoms with E-state index in [1.165, 1.54) is 6.08 Å². The van der Waals surface area contributed by atoms with Crippen molar-refractivity contribution in [2.45, 2.75) is 33.1 Å². The minimum atomic E-state index is -0.365. The van der Waals surface area contributed by atoms with Crippen molar-refractivity contribution < 1.29 is 14.3 Å². The summed E-state index contributed by atoms with van der Waals surface area (Å²) < 4.78 is 4.79. The zero-order valence-electron chi connectivity index (χ0n) is 10.9. The molecular weight excluding hydrogens is 218 g/mol. The Morgan fingerprint density at radius 3 is 2.94 bits per heavy atom. The van der Waals surface area contributed by atoms with Crippen LogP contribution in [-0.2, 0) is 14.3 Å². The van der Waals surface area contributed by atoms with Crippen molar-refractivity contribution in [2.75, 3.05) is 20.2 Å². The molecule has 1 heterocycles. The number of amides is 1. The molecule has 1 unspecified atom stereocenters. The van der Waals surface area contributed by atoms with Gasteiger partial charge in [0.15, 0.2) is 0 Å². The second-order valence-corrected chi connectivity index (χ2v) is 4.75. The van der Waals surface area contributed by atoms with Crippen molar-refractivity contribution in [3.05, 3.63) is 12.2 Å². The third kappa shape index (κ3) is 3.58. The molecule has 0 radical (unpaired) electrons. The van der Waals surface area contributed by atoms with Crippen LogP contribution >= 0.6 is 0 Å². The van der Waals surface area contributed by atoms with Crippen LogP contribution < -0.4 is 0 Å². The molecular formula is C13H21NO3. The van der Waals surface area contributed by atoms with Gasteiger partial charge < -0.3 is 9.64 Å². The number of esters is 1. The zero-order valence-corrected chi connectivity index (χ0v) is 10.9. The Morgan fingerprint density at radius 2 is 2.29 bits per heavy atom. The summed E-state index contributed by atoms with van der Waals surface area (Å²) in [7, 11) is 1.83. The second-order valence-electron chi connectivity index (χ2n) is 4.75. The van der Waals surface area contributed by atoms with Crippen LogP contribution in [-0.4, -0.2) is 37.0 Å². The second kappa shape index (κ2) is 5.84. The van der Waals surface area contributed by atoms with E-state index in [0.29, 0.717) is 13.0 Å². The lowest BCUT2D eigenvalue weighted by atomic mass is 9.78. The fourth-order valence-electron chi connectivity index (χ4n) is 2.17. The summed E-state index contributed by atoms with van der Waals surface area (Å²) in [5.74, 6) is -0.176. The van der Waals surface area contributed by atoms with Gasteiger partial charge in [-0.3, -0.25) is 4.79 Å². The maximum Gasteiger partial charge on any atom is 0.330 e. The summed E-state index contributed by atoms with van der Waals surface area (Å²) in [6, 6.07) is 0. The highest BCUT2D eigenvalue weighted by Gasteiger charge is 2.37. The molecule has 1 fully saturated rings. The van der Waals surface area contributed by atoms with Gasteiger partial charge >= 0.3 is 5.97 Å². The van der Waals surface area contributed by atoms with Crippen LogP contribution in [0, 0.1) is 5.41 Å². The minimum absolute atomic E-state index is 0.164. The van der Waals surface area contributed by atoms with Crippen LogP contribution in [0.25, 0.3) is 0 Å². The molecule has 1 rings (SSSR count). The molecule has 1 amide bonds. The van der Waals surface area contributed by atoms with Crippen LogP contribution in [0.2, 0.25) is 0 Å². The van der Waals surface area contributed by atoms with E-state index in [-0.39, 0.29) is 17.3 Å². The average molecular weight is 239 g/mol. The number of allylic oxidation sites excluding steroid dienone is 1. The maximum atomic E-state index is 12.0. The molecule has 0 aliphatic carbocycles. The van der Waals surface area contributed by atoms with Crippen molar-refractivity contribution >= 4 is 11.9 Å². The van der Waals surface area contributed by atoms with E-state index in [4.69, 9.17) is 4.74 Å². The van der Waals surface area contributed by atoms with E-state index in [9.17, 15) is 9.59 Å². The van der Waals surface area contributed by atoms with E-state index >= 15 is 0 Å². The van der Waals surface area contributed by atoms with Crippen LogP contribution in [0.1, 0.15) is 33.1 Å². The Labute approximate surface area is 103 Å². The summed E-state index contributed by atoms with van der Waals surface area (Å²) in [5, 5.41) is 0. The molecule has 1 aliphatic rings. The molecule has 96 valence electrons. The van der Waals surface area contributed by atoms with Crippen molar-refractivity contribution in [1.29, 1.82) is 0 Å². The Bertz CT molecular complexity index is 325. The quantitative estimate of drug-likeness (QED) is 0.554. The number of piperidine rings is 1. The first-order valence-corrected chi connectivity index (χ1v) is 6.08. The maximum absolute atomic E-state index is 12.0. The molecule has 0 aromatic heterocycles. The number of ether oxygens (including phenoxy) is 1. The average Bonchev–Trinajstić information content (AvgIpc) is 2.26.